The number of aliphatic carboxylic acids is 1. The Kier molecular flexibility index (Phi) is 6.07. The molecule has 4 rings (SSSR count). The highest BCUT2D eigenvalue weighted by molar-refractivity contribution is 5.87. The molecule has 3 aromatic heterocycles. The van der Waals surface area contributed by atoms with Gasteiger partial charge >= 0.3 is 12.1 Å². The number of rotatable bonds is 5. The lowest BCUT2D eigenvalue weighted by Gasteiger charge is -2.26. The summed E-state index contributed by atoms with van der Waals surface area (Å²) in [5.74, 6) is 0.701. The predicted octanol–water partition coefficient (Wildman–Crippen LogP) is 2.49. The molecule has 1 amide bonds. The first-order valence-corrected chi connectivity index (χ1v) is 11.1. The Balaban J connectivity index is 1.64. The van der Waals surface area contributed by atoms with Crippen LogP contribution in [-0.2, 0) is 16.1 Å². The molecule has 4 heterocycles. The molecule has 0 spiro atoms. The molecular weight excluding hydrogens is 440 g/mol. The summed E-state index contributed by atoms with van der Waals surface area (Å²) in [6.45, 7) is 9.80. The van der Waals surface area contributed by atoms with Gasteiger partial charge in [0.2, 0.25) is 0 Å². The minimum absolute atomic E-state index is 0.157. The largest absolute Gasteiger partial charge is 0.480 e. The lowest BCUT2D eigenvalue weighted by Crippen LogP contribution is -2.43. The maximum Gasteiger partial charge on any atom is 0.411 e. The summed E-state index contributed by atoms with van der Waals surface area (Å²) in [5, 5.41) is 12.9. The first kappa shape index (κ1) is 23.3. The number of ether oxygens (including phenoxy) is 1. The van der Waals surface area contributed by atoms with E-state index in [1.807, 2.05) is 18.4 Å². The van der Waals surface area contributed by atoms with E-state index in [-0.39, 0.29) is 19.0 Å². The fraction of sp³-hybridized carbons (Fsp3) is 0.500. The molecule has 0 bridgehead atoms. The summed E-state index contributed by atoms with van der Waals surface area (Å²) < 4.78 is 7.35. The summed E-state index contributed by atoms with van der Waals surface area (Å²) in [6.07, 6.45) is 4.40. The van der Waals surface area contributed by atoms with Gasteiger partial charge in [-0.15, -0.1) is 0 Å². The Labute approximate surface area is 196 Å². The zero-order chi connectivity index (χ0) is 24.6. The number of aryl methyl sites for hydroxylation is 2. The van der Waals surface area contributed by atoms with Crippen LogP contribution in [0.1, 0.15) is 39.9 Å². The van der Waals surface area contributed by atoms with E-state index in [0.29, 0.717) is 35.2 Å². The van der Waals surface area contributed by atoms with Crippen molar-refractivity contribution in [1.82, 2.24) is 34.4 Å². The molecular formula is C22H28N8O4. The molecule has 12 nitrogen and oxygen atoms in total. The van der Waals surface area contributed by atoms with Crippen LogP contribution in [0.3, 0.4) is 0 Å². The third-order valence-electron chi connectivity index (χ3n) is 5.44. The van der Waals surface area contributed by atoms with Crippen LogP contribution < -0.4 is 5.32 Å². The van der Waals surface area contributed by atoms with Crippen LogP contribution in [0, 0.1) is 6.92 Å². The summed E-state index contributed by atoms with van der Waals surface area (Å²) in [7, 11) is 0. The number of imidazole rings is 1. The van der Waals surface area contributed by atoms with Crippen LogP contribution in [0.2, 0.25) is 0 Å². The molecule has 1 unspecified atom stereocenters. The molecule has 1 aliphatic rings. The van der Waals surface area contributed by atoms with Gasteiger partial charge in [-0.1, -0.05) is 0 Å². The standard InChI is InChI=1S/C22H28N8O4/c1-6-29-18(13-8-23-12(2)24-9-13)28-16-17(25-11-26-19(16)29)27-14-7-15(20(31)32)30(10-14)21(33)34-22(3,4)5/h8-9,11,14-15H,6-7,10H2,1-5H3,(H,31,32)(H,25,26,27)/t14?,15-/m1/s1. The van der Waals surface area contributed by atoms with Crippen molar-refractivity contribution in [2.24, 2.45) is 0 Å². The Morgan fingerprint density at radius 2 is 1.91 bits per heavy atom. The fourth-order valence-electron chi connectivity index (χ4n) is 3.96. The lowest BCUT2D eigenvalue weighted by atomic mass is 10.1. The van der Waals surface area contributed by atoms with Crippen molar-refractivity contribution >= 4 is 29.0 Å². The van der Waals surface area contributed by atoms with Crippen molar-refractivity contribution in [3.8, 4) is 11.4 Å². The number of carbonyl (C=O) groups is 2. The van der Waals surface area contributed by atoms with E-state index in [4.69, 9.17) is 9.72 Å². The summed E-state index contributed by atoms with van der Waals surface area (Å²) in [4.78, 5) is 47.7. The highest BCUT2D eigenvalue weighted by Crippen LogP contribution is 2.29. The number of aromatic nitrogens is 6. The second kappa shape index (κ2) is 8.84. The average molecular weight is 469 g/mol. The van der Waals surface area contributed by atoms with E-state index >= 15 is 0 Å². The van der Waals surface area contributed by atoms with Crippen LogP contribution >= 0.6 is 0 Å². The number of fused-ring (bicyclic) bond motifs is 1. The molecule has 180 valence electrons. The van der Waals surface area contributed by atoms with E-state index < -0.39 is 23.7 Å². The minimum Gasteiger partial charge on any atom is -0.480 e. The zero-order valence-electron chi connectivity index (χ0n) is 19.8. The number of carboxylic acid groups (broad SMARTS) is 1. The average Bonchev–Trinajstić information content (AvgIpc) is 3.35. The summed E-state index contributed by atoms with van der Waals surface area (Å²) >= 11 is 0. The molecule has 1 fully saturated rings. The highest BCUT2D eigenvalue weighted by Gasteiger charge is 2.42. The first-order valence-electron chi connectivity index (χ1n) is 11.1. The van der Waals surface area contributed by atoms with E-state index in [9.17, 15) is 14.7 Å². The van der Waals surface area contributed by atoms with Crippen molar-refractivity contribution in [2.45, 2.75) is 65.3 Å². The molecule has 0 radical (unpaired) electrons. The van der Waals surface area contributed by atoms with Gasteiger partial charge in [0.05, 0.1) is 5.56 Å². The minimum atomic E-state index is -1.08. The van der Waals surface area contributed by atoms with E-state index in [0.717, 1.165) is 5.56 Å². The van der Waals surface area contributed by atoms with Crippen molar-refractivity contribution in [2.75, 3.05) is 11.9 Å². The maximum atomic E-state index is 12.6. The quantitative estimate of drug-likeness (QED) is 0.572. The second-order valence-corrected chi connectivity index (χ2v) is 9.16. The smallest absolute Gasteiger partial charge is 0.411 e. The number of carbonyl (C=O) groups excluding carboxylic acids is 1. The van der Waals surface area contributed by atoms with Gasteiger partial charge in [0.1, 0.15) is 29.6 Å². The molecule has 12 heteroatoms. The molecule has 0 aliphatic carbocycles. The number of nitrogens with zero attached hydrogens (tertiary/aromatic N) is 7. The second-order valence-electron chi connectivity index (χ2n) is 9.16. The zero-order valence-corrected chi connectivity index (χ0v) is 19.8. The van der Waals surface area contributed by atoms with Crippen molar-refractivity contribution < 1.29 is 19.4 Å². The fourth-order valence-corrected chi connectivity index (χ4v) is 3.96. The first-order chi connectivity index (χ1) is 16.1. The van der Waals surface area contributed by atoms with Gasteiger partial charge in [0.15, 0.2) is 17.0 Å². The van der Waals surface area contributed by atoms with Gasteiger partial charge in [-0.05, 0) is 34.6 Å². The van der Waals surface area contributed by atoms with Crippen molar-refractivity contribution in [1.29, 1.82) is 0 Å². The van der Waals surface area contributed by atoms with Crippen LogP contribution in [0.25, 0.3) is 22.6 Å². The third kappa shape index (κ3) is 4.61. The molecule has 2 atom stereocenters. The van der Waals surface area contributed by atoms with Crippen molar-refractivity contribution in [3.63, 3.8) is 0 Å². The molecule has 1 aliphatic heterocycles. The summed E-state index contributed by atoms with van der Waals surface area (Å²) in [5.41, 5.74) is 1.20. The molecule has 0 aromatic carbocycles. The Morgan fingerprint density at radius 3 is 2.53 bits per heavy atom. The Hall–Kier alpha value is -3.83. The van der Waals surface area contributed by atoms with Crippen LogP contribution in [-0.4, -0.2) is 75.8 Å². The van der Waals surface area contributed by atoms with E-state index in [2.05, 4.69) is 25.3 Å². The molecule has 1 saturated heterocycles. The molecule has 0 saturated carbocycles. The van der Waals surface area contributed by atoms with Gasteiger partial charge in [-0.25, -0.2) is 34.5 Å². The molecule has 2 N–H and O–H groups in total. The van der Waals surface area contributed by atoms with Gasteiger partial charge in [-0.2, -0.15) is 0 Å². The Morgan fingerprint density at radius 1 is 1.21 bits per heavy atom. The third-order valence-corrected chi connectivity index (χ3v) is 5.44. The van der Waals surface area contributed by atoms with Crippen LogP contribution in [0.5, 0.6) is 0 Å². The van der Waals surface area contributed by atoms with Gasteiger partial charge in [0.25, 0.3) is 0 Å². The van der Waals surface area contributed by atoms with Gasteiger partial charge < -0.3 is 19.7 Å². The predicted molar refractivity (Wildman–Crippen MR) is 123 cm³/mol. The number of anilines is 1. The van der Waals surface area contributed by atoms with E-state index in [1.54, 1.807) is 33.2 Å². The van der Waals surface area contributed by atoms with Gasteiger partial charge in [0, 0.05) is 37.9 Å². The maximum absolute atomic E-state index is 12.6. The van der Waals surface area contributed by atoms with Crippen LogP contribution in [0.4, 0.5) is 10.6 Å². The normalized spacial score (nSPS) is 18.3. The topological polar surface area (TPSA) is 148 Å². The number of likely N-dealkylation sites (tertiary alicyclic amines) is 1. The number of hydrogen-bond acceptors (Lipinski definition) is 9. The lowest BCUT2D eigenvalue weighted by molar-refractivity contribution is -0.142. The Bertz CT molecular complexity index is 1220. The number of amides is 1. The number of carboxylic acids is 1. The monoisotopic (exact) mass is 468 g/mol. The number of nitrogens with one attached hydrogen (secondary N) is 1. The summed E-state index contributed by atoms with van der Waals surface area (Å²) in [6, 6.07) is -1.36. The van der Waals surface area contributed by atoms with E-state index in [1.165, 1.54) is 11.2 Å². The van der Waals surface area contributed by atoms with Crippen molar-refractivity contribution in [3.05, 3.63) is 24.5 Å². The highest BCUT2D eigenvalue weighted by atomic mass is 16.6. The number of hydrogen-bond donors (Lipinski definition) is 2. The molecule has 34 heavy (non-hydrogen) atoms. The van der Waals surface area contributed by atoms with Gasteiger partial charge in [-0.3, -0.25) is 4.90 Å². The van der Waals surface area contributed by atoms with Crippen LogP contribution in [0.15, 0.2) is 18.7 Å². The SMILES string of the molecule is CCn1c(-c2cnc(C)nc2)nc2c(NC3C[C@H](C(=O)O)N(C(=O)OC(C)(C)C)C3)ncnc21. The molecule has 3 aromatic rings.